The monoisotopic (exact) mass is 407 g/mol. The summed E-state index contributed by atoms with van der Waals surface area (Å²) in [7, 11) is -3.51. The second-order valence-corrected chi connectivity index (χ2v) is 10.4. The van der Waals surface area contributed by atoms with Crippen molar-refractivity contribution in [3.05, 3.63) is 29.8 Å². The van der Waals surface area contributed by atoms with Crippen molar-refractivity contribution < 1.29 is 13.2 Å². The SMILES string of the molecule is CCN1CCC(NC(=O)c2ccc(S(=O)(=O)N3C[C@@H](C)C[C@H](C)C3)cc2)CC1. The summed E-state index contributed by atoms with van der Waals surface area (Å²) in [5.41, 5.74) is 0.511. The van der Waals surface area contributed by atoms with Crippen molar-refractivity contribution in [2.75, 3.05) is 32.7 Å². The first-order valence-corrected chi connectivity index (χ1v) is 11.9. The van der Waals surface area contributed by atoms with Gasteiger partial charge in [0, 0.05) is 37.8 Å². The predicted molar refractivity (Wildman–Crippen MR) is 111 cm³/mol. The molecule has 2 heterocycles. The van der Waals surface area contributed by atoms with Crippen LogP contribution in [0.3, 0.4) is 0 Å². The van der Waals surface area contributed by atoms with Crippen molar-refractivity contribution in [3.8, 4) is 0 Å². The van der Waals surface area contributed by atoms with E-state index >= 15 is 0 Å². The number of sulfonamides is 1. The minimum absolute atomic E-state index is 0.126. The van der Waals surface area contributed by atoms with Gasteiger partial charge >= 0.3 is 0 Å². The summed E-state index contributed by atoms with van der Waals surface area (Å²) in [6.07, 6.45) is 2.97. The van der Waals surface area contributed by atoms with Crippen LogP contribution in [-0.2, 0) is 10.0 Å². The number of benzene rings is 1. The molecule has 0 unspecified atom stereocenters. The first-order valence-electron chi connectivity index (χ1n) is 10.4. The fourth-order valence-electron chi connectivity index (χ4n) is 4.39. The highest BCUT2D eigenvalue weighted by molar-refractivity contribution is 7.89. The Morgan fingerprint density at radius 3 is 2.18 bits per heavy atom. The zero-order chi connectivity index (χ0) is 20.3. The maximum absolute atomic E-state index is 13.0. The third kappa shape index (κ3) is 4.93. The van der Waals surface area contributed by atoms with Crippen LogP contribution in [0.25, 0.3) is 0 Å². The zero-order valence-corrected chi connectivity index (χ0v) is 18.0. The summed E-state index contributed by atoms with van der Waals surface area (Å²) in [6, 6.07) is 6.57. The van der Waals surface area contributed by atoms with Crippen LogP contribution < -0.4 is 5.32 Å². The Morgan fingerprint density at radius 1 is 1.07 bits per heavy atom. The lowest BCUT2D eigenvalue weighted by atomic mass is 9.94. The van der Waals surface area contributed by atoms with E-state index in [1.807, 2.05) is 0 Å². The lowest BCUT2D eigenvalue weighted by Crippen LogP contribution is -2.44. The van der Waals surface area contributed by atoms with Crippen molar-refractivity contribution in [2.45, 2.75) is 51.0 Å². The van der Waals surface area contributed by atoms with Crippen LogP contribution in [0.5, 0.6) is 0 Å². The van der Waals surface area contributed by atoms with Gasteiger partial charge in [0.25, 0.3) is 5.91 Å². The molecule has 156 valence electrons. The second-order valence-electron chi connectivity index (χ2n) is 8.47. The number of carbonyl (C=O) groups is 1. The van der Waals surface area contributed by atoms with Gasteiger partial charge in [0.05, 0.1) is 4.90 Å². The molecule has 0 bridgehead atoms. The van der Waals surface area contributed by atoms with Crippen LogP contribution in [0.2, 0.25) is 0 Å². The lowest BCUT2D eigenvalue weighted by Gasteiger charge is -2.34. The van der Waals surface area contributed by atoms with E-state index in [2.05, 4.69) is 31.0 Å². The molecule has 0 radical (unpaired) electrons. The van der Waals surface area contributed by atoms with Gasteiger partial charge in [-0.05, 0) is 61.9 Å². The summed E-state index contributed by atoms with van der Waals surface area (Å²) in [5.74, 6) is 0.601. The highest BCUT2D eigenvalue weighted by Gasteiger charge is 2.31. The van der Waals surface area contributed by atoms with Gasteiger partial charge in [0.1, 0.15) is 0 Å². The molecular formula is C21H33N3O3S. The number of nitrogens with zero attached hydrogens (tertiary/aromatic N) is 2. The third-order valence-electron chi connectivity index (χ3n) is 5.96. The number of piperidine rings is 2. The quantitative estimate of drug-likeness (QED) is 0.814. The maximum atomic E-state index is 13.0. The Kier molecular flexibility index (Phi) is 6.78. The molecular weight excluding hydrogens is 374 g/mol. The van der Waals surface area contributed by atoms with Gasteiger partial charge < -0.3 is 10.2 Å². The molecule has 0 saturated carbocycles. The average molecular weight is 408 g/mol. The van der Waals surface area contributed by atoms with E-state index in [1.165, 1.54) is 0 Å². The van der Waals surface area contributed by atoms with E-state index in [9.17, 15) is 13.2 Å². The minimum Gasteiger partial charge on any atom is -0.349 e. The van der Waals surface area contributed by atoms with Crippen molar-refractivity contribution in [3.63, 3.8) is 0 Å². The zero-order valence-electron chi connectivity index (χ0n) is 17.2. The van der Waals surface area contributed by atoms with Crippen molar-refractivity contribution >= 4 is 15.9 Å². The van der Waals surface area contributed by atoms with E-state index in [1.54, 1.807) is 28.6 Å². The first kappa shape index (κ1) is 21.3. The molecule has 0 aliphatic carbocycles. The van der Waals surface area contributed by atoms with E-state index in [-0.39, 0.29) is 16.8 Å². The van der Waals surface area contributed by atoms with Gasteiger partial charge in [-0.3, -0.25) is 4.79 Å². The molecule has 1 amide bonds. The molecule has 6 nitrogen and oxygen atoms in total. The summed E-state index contributed by atoms with van der Waals surface area (Å²) in [5, 5.41) is 3.09. The number of carbonyl (C=O) groups excluding carboxylic acids is 1. The van der Waals surface area contributed by atoms with Crippen LogP contribution in [0, 0.1) is 11.8 Å². The molecule has 2 atom stereocenters. The van der Waals surface area contributed by atoms with Crippen molar-refractivity contribution in [2.24, 2.45) is 11.8 Å². The molecule has 0 aromatic heterocycles. The highest BCUT2D eigenvalue weighted by atomic mass is 32.2. The predicted octanol–water partition coefficient (Wildman–Crippen LogP) is 2.57. The fourth-order valence-corrected chi connectivity index (χ4v) is 6.07. The molecule has 0 spiro atoms. The Bertz CT molecular complexity index is 761. The molecule has 1 aromatic carbocycles. The fraction of sp³-hybridized carbons (Fsp3) is 0.667. The summed E-state index contributed by atoms with van der Waals surface area (Å²) in [4.78, 5) is 15.2. The van der Waals surface area contributed by atoms with Gasteiger partial charge in [0.2, 0.25) is 10.0 Å². The number of nitrogens with one attached hydrogen (secondary N) is 1. The Labute approximate surface area is 169 Å². The van der Waals surface area contributed by atoms with E-state index < -0.39 is 10.0 Å². The normalized spacial score (nSPS) is 25.5. The molecule has 3 rings (SSSR count). The Morgan fingerprint density at radius 2 is 1.64 bits per heavy atom. The first-order chi connectivity index (χ1) is 13.3. The molecule has 2 fully saturated rings. The molecule has 7 heteroatoms. The Hall–Kier alpha value is -1.44. The molecule has 2 aliphatic rings. The number of rotatable bonds is 5. The van der Waals surface area contributed by atoms with E-state index in [4.69, 9.17) is 0 Å². The smallest absolute Gasteiger partial charge is 0.251 e. The van der Waals surface area contributed by atoms with Crippen LogP contribution in [0.1, 0.15) is 50.4 Å². The Balaban J connectivity index is 1.63. The maximum Gasteiger partial charge on any atom is 0.251 e. The van der Waals surface area contributed by atoms with Crippen LogP contribution >= 0.6 is 0 Å². The van der Waals surface area contributed by atoms with Crippen molar-refractivity contribution in [1.29, 1.82) is 0 Å². The number of amides is 1. The van der Waals surface area contributed by atoms with E-state index in [0.717, 1.165) is 38.9 Å². The van der Waals surface area contributed by atoms with Crippen LogP contribution in [0.15, 0.2) is 29.2 Å². The third-order valence-corrected chi connectivity index (χ3v) is 7.81. The van der Waals surface area contributed by atoms with Gasteiger partial charge in [-0.15, -0.1) is 0 Å². The largest absolute Gasteiger partial charge is 0.349 e. The average Bonchev–Trinajstić information content (AvgIpc) is 2.68. The summed E-state index contributed by atoms with van der Waals surface area (Å²) >= 11 is 0. The molecule has 28 heavy (non-hydrogen) atoms. The van der Waals surface area contributed by atoms with Gasteiger partial charge in [-0.2, -0.15) is 4.31 Å². The highest BCUT2D eigenvalue weighted by Crippen LogP contribution is 2.26. The topological polar surface area (TPSA) is 69.7 Å². The number of hydrogen-bond acceptors (Lipinski definition) is 4. The van der Waals surface area contributed by atoms with E-state index in [0.29, 0.717) is 30.5 Å². The molecule has 2 saturated heterocycles. The number of hydrogen-bond donors (Lipinski definition) is 1. The standard InChI is InChI=1S/C21H33N3O3S/c1-4-23-11-9-19(10-12-23)22-21(25)18-5-7-20(8-6-18)28(26,27)24-14-16(2)13-17(3)15-24/h5-8,16-17,19H,4,9-15H2,1-3H3,(H,22,25)/t16-,17-/m0/s1. The van der Waals surface area contributed by atoms with Gasteiger partial charge in [-0.25, -0.2) is 8.42 Å². The van der Waals surface area contributed by atoms with Gasteiger partial charge in [0.15, 0.2) is 0 Å². The lowest BCUT2D eigenvalue weighted by molar-refractivity contribution is 0.0912. The minimum atomic E-state index is -3.51. The van der Waals surface area contributed by atoms with Crippen LogP contribution in [0.4, 0.5) is 0 Å². The van der Waals surface area contributed by atoms with Crippen molar-refractivity contribution in [1.82, 2.24) is 14.5 Å². The summed E-state index contributed by atoms with van der Waals surface area (Å²) < 4.78 is 27.5. The molecule has 2 aliphatic heterocycles. The van der Waals surface area contributed by atoms with Gasteiger partial charge in [-0.1, -0.05) is 20.8 Å². The summed E-state index contributed by atoms with van der Waals surface area (Å²) in [6.45, 7) is 10.5. The second kappa shape index (κ2) is 8.93. The van der Waals surface area contributed by atoms with Crippen LogP contribution in [-0.4, -0.2) is 62.3 Å². The molecule has 1 aromatic rings. The molecule has 1 N–H and O–H groups in total. The number of likely N-dealkylation sites (tertiary alicyclic amines) is 1.